The number of benzene rings is 2. The number of pyridine rings is 1. The number of rotatable bonds is 5. The summed E-state index contributed by atoms with van der Waals surface area (Å²) < 4.78 is 75.4. The largest absolute Gasteiger partial charge is 0.864 e. The van der Waals surface area contributed by atoms with Crippen molar-refractivity contribution in [3.63, 3.8) is 0 Å². The van der Waals surface area contributed by atoms with Gasteiger partial charge < -0.3 is 9.84 Å². The van der Waals surface area contributed by atoms with Gasteiger partial charge in [-0.2, -0.15) is 4.57 Å². The van der Waals surface area contributed by atoms with Gasteiger partial charge in [-0.25, -0.2) is 26.9 Å². The Morgan fingerprint density at radius 2 is 1.24 bits per heavy atom. The molecule has 4 aromatic rings. The van der Waals surface area contributed by atoms with Crippen LogP contribution >= 0.6 is 11.3 Å². The number of aromatic nitrogens is 1. The van der Waals surface area contributed by atoms with Crippen LogP contribution in [0.15, 0.2) is 66.7 Å². The molecule has 1 aliphatic rings. The van der Waals surface area contributed by atoms with Crippen LogP contribution in [0.1, 0.15) is 0 Å². The highest BCUT2D eigenvalue weighted by atomic mass is 32.1. The van der Waals surface area contributed by atoms with Crippen LogP contribution in [-0.4, -0.2) is 18.9 Å². The van der Waals surface area contributed by atoms with Gasteiger partial charge in [-0.3, -0.25) is 9.59 Å². The predicted molar refractivity (Wildman–Crippen MR) is 124 cm³/mol. The third-order valence-electron chi connectivity index (χ3n) is 5.78. The predicted octanol–water partition coefficient (Wildman–Crippen LogP) is 4.18. The smallest absolute Gasteiger partial charge is 0.330 e. The number of methoxy groups -OCH3 is 1. The molecule has 0 radical (unpaired) electrons. The Balaban J connectivity index is 1.45. The standard InChI is InChI=1S/C26H13F5N2O4S/c1-37-14-4-2-12(3-5-14)15-6-7-16(38-15)13-8-10-32(11-9-13)23-24(34)26(36)33(25(23)35)22-20(30)18(28)17(27)19(29)21(22)31/h2-11H,1H3. The van der Waals surface area contributed by atoms with Gasteiger partial charge in [0.2, 0.25) is 5.82 Å². The lowest BCUT2D eigenvalue weighted by Gasteiger charge is -2.17. The van der Waals surface area contributed by atoms with E-state index < -0.39 is 58.0 Å². The van der Waals surface area contributed by atoms with E-state index in [0.29, 0.717) is 11.3 Å². The van der Waals surface area contributed by atoms with Gasteiger partial charge in [0.05, 0.1) is 7.11 Å². The first-order valence-electron chi connectivity index (χ1n) is 10.7. The number of hydrogen-bond acceptors (Lipinski definition) is 5. The van der Waals surface area contributed by atoms with Gasteiger partial charge in [-0.05, 0) is 42.0 Å². The molecular weight excluding hydrogens is 531 g/mol. The number of ether oxygens (including phenoxy) is 1. The van der Waals surface area contributed by atoms with Gasteiger partial charge in [0.25, 0.3) is 11.6 Å². The first-order valence-corrected chi connectivity index (χ1v) is 11.5. The van der Waals surface area contributed by atoms with E-state index in [1.54, 1.807) is 7.11 Å². The Morgan fingerprint density at radius 3 is 1.76 bits per heavy atom. The minimum Gasteiger partial charge on any atom is -0.864 e. The minimum absolute atomic E-state index is 0.352. The average Bonchev–Trinajstić information content (AvgIpc) is 3.51. The van der Waals surface area contributed by atoms with Crippen molar-refractivity contribution in [2.75, 3.05) is 12.0 Å². The molecule has 0 N–H and O–H groups in total. The van der Waals surface area contributed by atoms with Gasteiger partial charge in [-0.1, -0.05) is 0 Å². The zero-order valence-corrected chi connectivity index (χ0v) is 19.9. The number of halogens is 5. The fraction of sp³-hybridized carbons (Fsp3) is 0.0385. The lowest BCUT2D eigenvalue weighted by Crippen LogP contribution is -2.40. The molecule has 0 atom stereocenters. The molecule has 38 heavy (non-hydrogen) atoms. The van der Waals surface area contributed by atoms with Crippen molar-refractivity contribution in [2.24, 2.45) is 0 Å². The van der Waals surface area contributed by atoms with Crippen molar-refractivity contribution in [1.82, 2.24) is 0 Å². The summed E-state index contributed by atoms with van der Waals surface area (Å²) in [6.07, 6.45) is 2.53. The van der Waals surface area contributed by atoms with Crippen LogP contribution in [0, 0.1) is 29.1 Å². The highest BCUT2D eigenvalue weighted by Gasteiger charge is 2.45. The summed E-state index contributed by atoms with van der Waals surface area (Å²) in [4.78, 5) is 26.7. The fourth-order valence-corrected chi connectivity index (χ4v) is 4.88. The first kappa shape index (κ1) is 25.1. The summed E-state index contributed by atoms with van der Waals surface area (Å²) in [5.41, 5.74) is -1.01. The Morgan fingerprint density at radius 1 is 0.737 bits per heavy atom. The molecule has 0 saturated carbocycles. The Labute approximate surface area is 215 Å². The van der Waals surface area contributed by atoms with Gasteiger partial charge in [0.15, 0.2) is 35.7 Å². The van der Waals surface area contributed by atoms with E-state index in [-0.39, 0.29) is 4.90 Å². The molecule has 2 amide bonds. The van der Waals surface area contributed by atoms with Crippen molar-refractivity contribution in [3.05, 3.63) is 95.8 Å². The average molecular weight is 544 g/mol. The number of thiophene rings is 1. The Bertz CT molecular complexity index is 1620. The minimum atomic E-state index is -2.47. The van der Waals surface area contributed by atoms with Gasteiger partial charge in [-0.15, -0.1) is 11.3 Å². The monoisotopic (exact) mass is 544 g/mol. The second-order valence-corrected chi connectivity index (χ2v) is 9.01. The van der Waals surface area contributed by atoms with Crippen LogP contribution in [0.3, 0.4) is 0 Å². The van der Waals surface area contributed by atoms with E-state index in [1.165, 1.54) is 35.9 Å². The zero-order valence-electron chi connectivity index (χ0n) is 19.1. The topological polar surface area (TPSA) is 73.6 Å². The van der Waals surface area contributed by atoms with E-state index >= 15 is 0 Å². The molecular formula is C26H13F5N2O4S. The van der Waals surface area contributed by atoms with Gasteiger partial charge in [0, 0.05) is 33.2 Å². The molecule has 0 unspecified atom stereocenters. The third-order valence-corrected chi connectivity index (χ3v) is 6.96. The SMILES string of the molecule is COc1ccc(-c2ccc(-c3cc[n+](C4=C([O-])C(=O)N(c5c(F)c(F)c(F)c(F)c5F)C4=O)cc3)s2)cc1. The highest BCUT2D eigenvalue weighted by molar-refractivity contribution is 7.18. The molecule has 3 heterocycles. The molecule has 2 aromatic heterocycles. The van der Waals surface area contributed by atoms with E-state index in [4.69, 9.17) is 4.74 Å². The summed E-state index contributed by atoms with van der Waals surface area (Å²) in [6, 6.07) is 14.3. The molecule has 0 saturated heterocycles. The number of anilines is 1. The van der Waals surface area contributed by atoms with Crippen LogP contribution in [-0.2, 0) is 9.59 Å². The second-order valence-electron chi connectivity index (χ2n) is 7.93. The molecule has 0 aliphatic carbocycles. The van der Waals surface area contributed by atoms with Crippen molar-refractivity contribution in [3.8, 4) is 26.6 Å². The summed E-state index contributed by atoms with van der Waals surface area (Å²) in [5, 5.41) is 12.5. The Hall–Kier alpha value is -4.58. The van der Waals surface area contributed by atoms with Crippen LogP contribution in [0.4, 0.5) is 27.6 Å². The Kier molecular flexibility index (Phi) is 6.19. The molecule has 12 heteroatoms. The number of carbonyl (C=O) groups is 2. The maximum Gasteiger partial charge on any atom is 0.330 e. The van der Waals surface area contributed by atoms with E-state index in [2.05, 4.69) is 0 Å². The first-order chi connectivity index (χ1) is 18.1. The van der Waals surface area contributed by atoms with Crippen LogP contribution in [0.2, 0.25) is 0 Å². The van der Waals surface area contributed by atoms with Crippen molar-refractivity contribution >= 4 is 34.5 Å². The fourth-order valence-electron chi connectivity index (χ4n) is 3.86. The summed E-state index contributed by atoms with van der Waals surface area (Å²) in [5.74, 6) is -16.1. The molecule has 1 aliphatic heterocycles. The highest BCUT2D eigenvalue weighted by Crippen LogP contribution is 2.36. The van der Waals surface area contributed by atoms with Crippen molar-refractivity contribution in [2.45, 2.75) is 0 Å². The van der Waals surface area contributed by atoms with Crippen LogP contribution < -0.4 is 19.3 Å². The molecule has 5 rings (SSSR count). The van der Waals surface area contributed by atoms with Crippen LogP contribution in [0.5, 0.6) is 5.75 Å². The van der Waals surface area contributed by atoms with Crippen LogP contribution in [0.25, 0.3) is 26.6 Å². The number of nitrogens with zero attached hydrogens (tertiary/aromatic N) is 2. The summed E-state index contributed by atoms with van der Waals surface area (Å²) in [7, 11) is 1.57. The maximum atomic E-state index is 14.3. The lowest BCUT2D eigenvalue weighted by atomic mass is 10.2. The second kappa shape index (κ2) is 9.38. The van der Waals surface area contributed by atoms with Gasteiger partial charge >= 0.3 is 5.91 Å². The lowest BCUT2D eigenvalue weighted by molar-refractivity contribution is -0.581. The summed E-state index contributed by atoms with van der Waals surface area (Å²) >= 11 is 1.46. The maximum absolute atomic E-state index is 14.3. The number of imide groups is 1. The normalized spacial score (nSPS) is 13.6. The van der Waals surface area contributed by atoms with E-state index in [9.17, 15) is 36.6 Å². The quantitative estimate of drug-likeness (QED) is 0.124. The van der Waals surface area contributed by atoms with E-state index in [1.807, 2.05) is 36.4 Å². The number of hydrogen-bond donors (Lipinski definition) is 0. The summed E-state index contributed by atoms with van der Waals surface area (Å²) in [6.45, 7) is 0. The van der Waals surface area contributed by atoms with Crippen molar-refractivity contribution < 1.29 is 46.0 Å². The zero-order chi connectivity index (χ0) is 27.3. The van der Waals surface area contributed by atoms with Gasteiger partial charge in [0.1, 0.15) is 11.4 Å². The molecule has 0 bridgehead atoms. The molecule has 0 spiro atoms. The molecule has 6 nitrogen and oxygen atoms in total. The third kappa shape index (κ3) is 3.89. The molecule has 2 aromatic carbocycles. The number of carbonyl (C=O) groups excluding carboxylic acids is 2. The van der Waals surface area contributed by atoms with E-state index in [0.717, 1.165) is 19.9 Å². The number of amides is 2. The molecule has 0 fully saturated rings. The molecule has 192 valence electrons. The van der Waals surface area contributed by atoms with Crippen molar-refractivity contribution in [1.29, 1.82) is 0 Å².